The van der Waals surface area contributed by atoms with Crippen LogP contribution in [-0.4, -0.2) is 0 Å². The van der Waals surface area contributed by atoms with Crippen LogP contribution in [0.1, 0.15) is 17.2 Å². The van der Waals surface area contributed by atoms with E-state index in [2.05, 4.69) is 5.32 Å². The Morgan fingerprint density at radius 3 is 2.59 bits per heavy atom. The zero-order valence-corrected chi connectivity index (χ0v) is 9.84. The van der Waals surface area contributed by atoms with E-state index in [1.54, 1.807) is 6.07 Å². The summed E-state index contributed by atoms with van der Waals surface area (Å²) in [7, 11) is 0. The zero-order chi connectivity index (χ0) is 11.8. The third kappa shape index (κ3) is 1.89. The Morgan fingerprint density at radius 2 is 1.88 bits per heavy atom. The highest BCUT2D eigenvalue weighted by Crippen LogP contribution is 2.35. The van der Waals surface area contributed by atoms with Crippen LogP contribution in [0.15, 0.2) is 42.5 Å². The maximum Gasteiger partial charge on any atom is 0.146 e. The molecule has 0 aromatic heterocycles. The van der Waals surface area contributed by atoms with Crippen LogP contribution in [0.5, 0.6) is 0 Å². The van der Waals surface area contributed by atoms with Gasteiger partial charge in [-0.25, -0.2) is 4.39 Å². The number of halogens is 2. The fourth-order valence-electron chi connectivity index (χ4n) is 2.24. The lowest BCUT2D eigenvalue weighted by Gasteiger charge is -2.11. The van der Waals surface area contributed by atoms with Crippen LogP contribution in [0.25, 0.3) is 0 Å². The molecule has 3 rings (SSSR count). The van der Waals surface area contributed by atoms with Crippen molar-refractivity contribution in [2.24, 2.45) is 0 Å². The minimum atomic E-state index is -0.182. The number of para-hydroxylation sites is 1. The van der Waals surface area contributed by atoms with Crippen LogP contribution in [0, 0.1) is 5.82 Å². The molecule has 1 atom stereocenters. The summed E-state index contributed by atoms with van der Waals surface area (Å²) in [5.74, 6) is -0.182. The Bertz CT molecular complexity index is 551. The van der Waals surface area contributed by atoms with Crippen LogP contribution in [-0.2, 0) is 6.42 Å². The highest BCUT2D eigenvalue weighted by molar-refractivity contribution is 6.30. The number of hydrogen-bond donors (Lipinski definition) is 1. The highest BCUT2D eigenvalue weighted by Gasteiger charge is 2.24. The molecule has 86 valence electrons. The van der Waals surface area contributed by atoms with Gasteiger partial charge < -0.3 is 5.32 Å². The standard InChI is InChI=1S/C14H11ClFN/c15-11-6-4-9(5-7-11)13-8-10-2-1-3-12(16)14(10)17-13/h1-7,13,17H,8H2. The molecule has 0 saturated carbocycles. The van der Waals surface area contributed by atoms with Crippen molar-refractivity contribution >= 4 is 17.3 Å². The second kappa shape index (κ2) is 4.04. The van der Waals surface area contributed by atoms with Gasteiger partial charge in [0.05, 0.1) is 11.7 Å². The van der Waals surface area contributed by atoms with Crippen molar-refractivity contribution in [3.63, 3.8) is 0 Å². The van der Waals surface area contributed by atoms with E-state index in [1.165, 1.54) is 6.07 Å². The number of hydrogen-bond acceptors (Lipinski definition) is 1. The monoisotopic (exact) mass is 247 g/mol. The van der Waals surface area contributed by atoms with Gasteiger partial charge in [-0.05, 0) is 35.7 Å². The normalized spacial score (nSPS) is 17.6. The number of rotatable bonds is 1. The molecule has 3 heteroatoms. The molecule has 1 unspecified atom stereocenters. The van der Waals surface area contributed by atoms with Crippen LogP contribution < -0.4 is 5.32 Å². The topological polar surface area (TPSA) is 12.0 Å². The van der Waals surface area contributed by atoms with E-state index < -0.39 is 0 Å². The van der Waals surface area contributed by atoms with Crippen LogP contribution in [0.4, 0.5) is 10.1 Å². The molecule has 2 aromatic carbocycles. The molecule has 0 bridgehead atoms. The van der Waals surface area contributed by atoms with Gasteiger partial charge in [0.15, 0.2) is 0 Å². The molecule has 0 radical (unpaired) electrons. The van der Waals surface area contributed by atoms with Crippen molar-refractivity contribution in [3.8, 4) is 0 Å². The molecular weight excluding hydrogens is 237 g/mol. The SMILES string of the molecule is Fc1cccc2c1NC(c1ccc(Cl)cc1)C2. The Hall–Kier alpha value is -1.54. The fraction of sp³-hybridized carbons (Fsp3) is 0.143. The van der Waals surface area contributed by atoms with Gasteiger partial charge in [0.2, 0.25) is 0 Å². The third-order valence-electron chi connectivity index (χ3n) is 3.11. The first kappa shape index (κ1) is 10.6. The maximum absolute atomic E-state index is 13.6. The number of anilines is 1. The minimum absolute atomic E-state index is 0.138. The molecule has 1 aliphatic rings. The van der Waals surface area contributed by atoms with Gasteiger partial charge in [-0.15, -0.1) is 0 Å². The lowest BCUT2D eigenvalue weighted by molar-refractivity contribution is 0.630. The molecule has 1 aliphatic heterocycles. The first-order valence-corrected chi connectivity index (χ1v) is 5.91. The Kier molecular flexibility index (Phi) is 2.52. The van der Waals surface area contributed by atoms with Crippen LogP contribution in [0.2, 0.25) is 5.02 Å². The second-order valence-corrected chi connectivity index (χ2v) is 4.66. The van der Waals surface area contributed by atoms with Crippen LogP contribution >= 0.6 is 11.6 Å². The van der Waals surface area contributed by atoms with Gasteiger partial charge in [-0.2, -0.15) is 0 Å². The molecule has 0 fully saturated rings. The van der Waals surface area contributed by atoms with Gasteiger partial charge in [-0.1, -0.05) is 35.9 Å². The fourth-order valence-corrected chi connectivity index (χ4v) is 2.37. The number of benzene rings is 2. The van der Waals surface area contributed by atoms with Crippen molar-refractivity contribution in [2.45, 2.75) is 12.5 Å². The Labute approximate surface area is 104 Å². The largest absolute Gasteiger partial charge is 0.375 e. The van der Waals surface area contributed by atoms with Gasteiger partial charge >= 0.3 is 0 Å². The minimum Gasteiger partial charge on any atom is -0.375 e. The van der Waals surface area contributed by atoms with Crippen molar-refractivity contribution < 1.29 is 4.39 Å². The van der Waals surface area contributed by atoms with Crippen molar-refractivity contribution in [1.82, 2.24) is 0 Å². The van der Waals surface area contributed by atoms with E-state index in [9.17, 15) is 4.39 Å². The van der Waals surface area contributed by atoms with Gasteiger partial charge in [0, 0.05) is 5.02 Å². The highest BCUT2D eigenvalue weighted by atomic mass is 35.5. The second-order valence-electron chi connectivity index (χ2n) is 4.23. The molecule has 0 amide bonds. The summed E-state index contributed by atoms with van der Waals surface area (Å²) in [4.78, 5) is 0. The summed E-state index contributed by atoms with van der Waals surface area (Å²) >= 11 is 5.85. The van der Waals surface area contributed by atoms with Gasteiger partial charge in [0.1, 0.15) is 5.82 Å². The van der Waals surface area contributed by atoms with Crippen molar-refractivity contribution in [2.75, 3.05) is 5.32 Å². The molecule has 1 nitrogen and oxygen atoms in total. The first-order chi connectivity index (χ1) is 8.24. The average molecular weight is 248 g/mol. The molecule has 0 spiro atoms. The van der Waals surface area contributed by atoms with Crippen LogP contribution in [0.3, 0.4) is 0 Å². The van der Waals surface area contributed by atoms with E-state index in [0.717, 1.165) is 22.6 Å². The summed E-state index contributed by atoms with van der Waals surface area (Å²) in [6.07, 6.45) is 0.814. The lowest BCUT2D eigenvalue weighted by Crippen LogP contribution is -2.05. The van der Waals surface area contributed by atoms with Crippen molar-refractivity contribution in [3.05, 3.63) is 64.4 Å². The first-order valence-electron chi connectivity index (χ1n) is 5.53. The third-order valence-corrected chi connectivity index (χ3v) is 3.37. The van der Waals surface area contributed by atoms with Crippen molar-refractivity contribution in [1.29, 1.82) is 0 Å². The van der Waals surface area contributed by atoms with E-state index in [-0.39, 0.29) is 11.9 Å². The predicted octanol–water partition coefficient (Wildman–Crippen LogP) is 4.19. The Balaban J connectivity index is 1.91. The average Bonchev–Trinajstić information content (AvgIpc) is 2.75. The molecule has 0 saturated heterocycles. The number of nitrogens with one attached hydrogen (secondary N) is 1. The molecule has 0 aliphatic carbocycles. The molecule has 2 aromatic rings. The summed E-state index contributed by atoms with van der Waals surface area (Å²) in [5.41, 5.74) is 2.79. The van der Waals surface area contributed by atoms with Gasteiger partial charge in [-0.3, -0.25) is 0 Å². The lowest BCUT2D eigenvalue weighted by atomic mass is 10.0. The Morgan fingerprint density at radius 1 is 1.12 bits per heavy atom. The quantitative estimate of drug-likeness (QED) is 0.797. The summed E-state index contributed by atoms with van der Waals surface area (Å²) in [6.45, 7) is 0. The van der Waals surface area contributed by atoms with E-state index >= 15 is 0 Å². The molecular formula is C14H11ClFN. The summed E-state index contributed by atoms with van der Waals surface area (Å²) in [6, 6.07) is 13.0. The van der Waals surface area contributed by atoms with E-state index in [1.807, 2.05) is 30.3 Å². The molecule has 1 heterocycles. The molecule has 1 N–H and O–H groups in total. The summed E-state index contributed by atoms with van der Waals surface area (Å²) in [5, 5.41) is 3.94. The number of fused-ring (bicyclic) bond motifs is 1. The maximum atomic E-state index is 13.6. The summed E-state index contributed by atoms with van der Waals surface area (Å²) < 4.78 is 13.6. The van der Waals surface area contributed by atoms with E-state index in [4.69, 9.17) is 11.6 Å². The predicted molar refractivity (Wildman–Crippen MR) is 67.9 cm³/mol. The van der Waals surface area contributed by atoms with E-state index in [0.29, 0.717) is 5.69 Å². The van der Waals surface area contributed by atoms with Gasteiger partial charge in [0.25, 0.3) is 0 Å². The zero-order valence-electron chi connectivity index (χ0n) is 9.08. The molecule has 17 heavy (non-hydrogen) atoms. The smallest absolute Gasteiger partial charge is 0.146 e.